The van der Waals surface area contributed by atoms with Crippen LogP contribution in [-0.2, 0) is 4.74 Å². The number of hydrogen-bond donors (Lipinski definition) is 1. The van der Waals surface area contributed by atoms with Crippen LogP contribution in [0.25, 0.3) is 0 Å². The Bertz CT molecular complexity index is 611. The number of nitrogens with zero attached hydrogens (tertiary/aromatic N) is 2. The smallest absolute Gasteiger partial charge is 0.407 e. The first-order valence-electron chi connectivity index (χ1n) is 7.10. The Hall–Kier alpha value is -1.90. The van der Waals surface area contributed by atoms with Crippen molar-refractivity contribution in [3.63, 3.8) is 0 Å². The summed E-state index contributed by atoms with van der Waals surface area (Å²) in [6.07, 6.45) is 1.84. The minimum Gasteiger partial charge on any atom is -0.469 e. The molecular formula is C14H18BrN3O5. The molecule has 0 radical (unpaired) electrons. The van der Waals surface area contributed by atoms with Gasteiger partial charge in [0.15, 0.2) is 0 Å². The summed E-state index contributed by atoms with van der Waals surface area (Å²) in [6.45, 7) is 5.37. The lowest BCUT2D eigenvalue weighted by Gasteiger charge is -2.35. The van der Waals surface area contributed by atoms with Gasteiger partial charge >= 0.3 is 11.8 Å². The maximum atomic E-state index is 11.6. The molecule has 1 aromatic rings. The van der Waals surface area contributed by atoms with Crippen molar-refractivity contribution in [1.29, 1.82) is 0 Å². The van der Waals surface area contributed by atoms with Gasteiger partial charge in [0.25, 0.3) is 5.88 Å². The van der Waals surface area contributed by atoms with Gasteiger partial charge in [-0.3, -0.25) is 10.1 Å². The number of halogens is 1. The van der Waals surface area contributed by atoms with E-state index in [1.54, 1.807) is 20.8 Å². The highest BCUT2D eigenvalue weighted by molar-refractivity contribution is 9.10. The first-order chi connectivity index (χ1) is 10.6. The molecule has 1 fully saturated rings. The number of hydrogen-bond acceptors (Lipinski definition) is 6. The number of carbonyl (C=O) groups excluding carboxylic acids is 1. The van der Waals surface area contributed by atoms with E-state index in [4.69, 9.17) is 9.47 Å². The number of rotatable bonds is 4. The number of aromatic nitrogens is 1. The zero-order chi connectivity index (χ0) is 17.2. The molecule has 0 aliphatic heterocycles. The Labute approximate surface area is 141 Å². The summed E-state index contributed by atoms with van der Waals surface area (Å²) in [6, 6.07) is 1.28. The molecule has 1 heterocycles. The van der Waals surface area contributed by atoms with E-state index in [-0.39, 0.29) is 23.7 Å². The van der Waals surface area contributed by atoms with Crippen LogP contribution in [0.15, 0.2) is 16.7 Å². The van der Waals surface area contributed by atoms with Crippen LogP contribution in [0.1, 0.15) is 33.6 Å². The fraction of sp³-hybridized carbons (Fsp3) is 0.571. The predicted octanol–water partition coefficient (Wildman–Crippen LogP) is 3.19. The van der Waals surface area contributed by atoms with Crippen molar-refractivity contribution in [3.8, 4) is 5.88 Å². The lowest BCUT2D eigenvalue weighted by atomic mass is 9.89. The molecule has 0 aromatic carbocycles. The second kappa shape index (κ2) is 6.69. The molecule has 9 heteroatoms. The molecule has 1 amide bonds. The van der Waals surface area contributed by atoms with Crippen LogP contribution in [0.2, 0.25) is 0 Å². The molecule has 8 nitrogen and oxygen atoms in total. The Morgan fingerprint density at radius 1 is 1.48 bits per heavy atom. The van der Waals surface area contributed by atoms with Gasteiger partial charge in [0.05, 0.1) is 4.92 Å². The van der Waals surface area contributed by atoms with E-state index < -0.39 is 16.6 Å². The van der Waals surface area contributed by atoms with Gasteiger partial charge in [-0.2, -0.15) is 0 Å². The van der Waals surface area contributed by atoms with Gasteiger partial charge in [0.1, 0.15) is 11.7 Å². The molecule has 1 N–H and O–H groups in total. The molecule has 1 aliphatic carbocycles. The first kappa shape index (κ1) is 17.5. The average molecular weight is 388 g/mol. The third-order valence-corrected chi connectivity index (χ3v) is 3.52. The zero-order valence-corrected chi connectivity index (χ0v) is 14.6. The average Bonchev–Trinajstić information content (AvgIpc) is 2.35. The molecule has 0 atom stereocenters. The molecule has 1 saturated carbocycles. The van der Waals surface area contributed by atoms with Gasteiger partial charge in [0, 0.05) is 35.6 Å². The summed E-state index contributed by atoms with van der Waals surface area (Å²) in [5, 5.41) is 13.7. The van der Waals surface area contributed by atoms with Crippen LogP contribution in [0.4, 0.5) is 10.5 Å². The van der Waals surface area contributed by atoms with E-state index >= 15 is 0 Å². The quantitative estimate of drug-likeness (QED) is 0.628. The van der Waals surface area contributed by atoms with Crippen molar-refractivity contribution < 1.29 is 19.2 Å². The second-order valence-electron chi connectivity index (χ2n) is 6.29. The zero-order valence-electron chi connectivity index (χ0n) is 13.0. The highest BCUT2D eigenvalue weighted by atomic mass is 79.9. The van der Waals surface area contributed by atoms with Gasteiger partial charge in [-0.25, -0.2) is 9.78 Å². The first-order valence-corrected chi connectivity index (χ1v) is 7.89. The van der Waals surface area contributed by atoms with Crippen molar-refractivity contribution in [2.45, 2.75) is 51.4 Å². The Morgan fingerprint density at radius 3 is 2.70 bits per heavy atom. The molecule has 0 spiro atoms. The molecule has 0 unspecified atom stereocenters. The monoisotopic (exact) mass is 387 g/mol. The van der Waals surface area contributed by atoms with Crippen LogP contribution in [-0.4, -0.2) is 33.7 Å². The van der Waals surface area contributed by atoms with Crippen LogP contribution >= 0.6 is 15.9 Å². The van der Waals surface area contributed by atoms with E-state index in [1.165, 1.54) is 12.3 Å². The molecule has 1 aliphatic rings. The molecule has 23 heavy (non-hydrogen) atoms. The Balaban J connectivity index is 1.85. The number of ether oxygens (including phenoxy) is 2. The maximum absolute atomic E-state index is 11.6. The van der Waals surface area contributed by atoms with Gasteiger partial charge in [-0.1, -0.05) is 0 Å². The minimum absolute atomic E-state index is 0.0149. The SMILES string of the molecule is CC(C)(C)OC(=O)NC1CC(Oc2ncc(Br)cc2[N+](=O)[O-])C1. The molecular weight excluding hydrogens is 370 g/mol. The van der Waals surface area contributed by atoms with Gasteiger partial charge in [0.2, 0.25) is 0 Å². The van der Waals surface area contributed by atoms with Gasteiger partial charge in [-0.05, 0) is 36.7 Å². The van der Waals surface area contributed by atoms with E-state index in [0.717, 1.165) is 0 Å². The van der Waals surface area contributed by atoms with Crippen LogP contribution in [0, 0.1) is 10.1 Å². The van der Waals surface area contributed by atoms with Crippen molar-refractivity contribution >= 4 is 27.7 Å². The molecule has 0 saturated heterocycles. The summed E-state index contributed by atoms with van der Waals surface area (Å²) in [5.41, 5.74) is -0.742. The van der Waals surface area contributed by atoms with E-state index in [9.17, 15) is 14.9 Å². The number of carbonyl (C=O) groups is 1. The summed E-state index contributed by atoms with van der Waals surface area (Å²) in [5.74, 6) is -0.0149. The molecule has 2 rings (SSSR count). The number of alkyl carbamates (subject to hydrolysis) is 1. The second-order valence-corrected chi connectivity index (χ2v) is 7.21. The fourth-order valence-corrected chi connectivity index (χ4v) is 2.37. The van der Waals surface area contributed by atoms with E-state index in [2.05, 4.69) is 26.2 Å². The Morgan fingerprint density at radius 2 is 2.13 bits per heavy atom. The molecule has 126 valence electrons. The summed E-state index contributed by atoms with van der Waals surface area (Å²) in [7, 11) is 0. The minimum atomic E-state index is -0.550. The fourth-order valence-electron chi connectivity index (χ4n) is 2.05. The van der Waals surface area contributed by atoms with Gasteiger partial charge in [-0.15, -0.1) is 0 Å². The van der Waals surface area contributed by atoms with Crippen molar-refractivity contribution in [1.82, 2.24) is 10.3 Å². The standard InChI is InChI=1S/C14H18BrN3O5/c1-14(2,3)23-13(19)17-9-5-10(6-9)22-12-11(18(20)21)4-8(15)7-16-12/h4,7,9-10H,5-6H2,1-3H3,(H,17,19). The normalized spacial score (nSPS) is 20.3. The lowest BCUT2D eigenvalue weighted by molar-refractivity contribution is -0.386. The van der Waals surface area contributed by atoms with Gasteiger partial charge < -0.3 is 14.8 Å². The van der Waals surface area contributed by atoms with E-state index in [0.29, 0.717) is 17.3 Å². The number of amides is 1. The van der Waals surface area contributed by atoms with E-state index in [1.807, 2.05) is 0 Å². The molecule has 1 aromatic heterocycles. The molecule has 0 bridgehead atoms. The highest BCUT2D eigenvalue weighted by Crippen LogP contribution is 2.32. The maximum Gasteiger partial charge on any atom is 0.407 e. The van der Waals surface area contributed by atoms with Crippen molar-refractivity contribution in [2.24, 2.45) is 0 Å². The third kappa shape index (κ3) is 5.05. The van der Waals surface area contributed by atoms with Crippen molar-refractivity contribution in [3.05, 3.63) is 26.9 Å². The summed E-state index contributed by atoms with van der Waals surface area (Å²) >= 11 is 3.14. The van der Waals surface area contributed by atoms with Crippen molar-refractivity contribution in [2.75, 3.05) is 0 Å². The van der Waals surface area contributed by atoms with Crippen LogP contribution in [0.3, 0.4) is 0 Å². The summed E-state index contributed by atoms with van der Waals surface area (Å²) in [4.78, 5) is 26.0. The lowest BCUT2D eigenvalue weighted by Crippen LogP contribution is -2.50. The predicted molar refractivity (Wildman–Crippen MR) is 85.4 cm³/mol. The third-order valence-electron chi connectivity index (χ3n) is 3.09. The Kier molecular flexibility index (Phi) is 5.08. The van der Waals surface area contributed by atoms with Crippen LogP contribution < -0.4 is 10.1 Å². The number of nitrogens with one attached hydrogen (secondary N) is 1. The number of pyridine rings is 1. The van der Waals surface area contributed by atoms with Crippen LogP contribution in [0.5, 0.6) is 5.88 Å². The number of nitro groups is 1. The summed E-state index contributed by atoms with van der Waals surface area (Å²) < 4.78 is 11.2. The highest BCUT2D eigenvalue weighted by Gasteiger charge is 2.35. The largest absolute Gasteiger partial charge is 0.469 e. The topological polar surface area (TPSA) is 104 Å².